The monoisotopic (exact) mass is 881 g/mol. The molecule has 2 heterocycles. The molecule has 14 nitrogen and oxygen atoms in total. The fourth-order valence-corrected chi connectivity index (χ4v) is 6.71. The number of carbonyl (C=O) groups is 1. The molecule has 2 aliphatic rings. The van der Waals surface area contributed by atoms with Crippen LogP contribution in [0.1, 0.15) is 123 Å². The van der Waals surface area contributed by atoms with Gasteiger partial charge in [0.2, 0.25) is 0 Å². The van der Waals surface area contributed by atoms with Crippen molar-refractivity contribution < 1.29 is 69.0 Å². The number of ether oxygens (including phenoxy) is 6. The van der Waals surface area contributed by atoms with E-state index in [0.717, 1.165) is 70.6 Å². The van der Waals surface area contributed by atoms with Gasteiger partial charge in [-0.1, -0.05) is 132 Å². The molecule has 2 saturated heterocycles. The van der Waals surface area contributed by atoms with Crippen LogP contribution < -0.4 is 0 Å². The number of unbranched alkanes of at least 4 members (excludes halogenated alkanes) is 8. The molecule has 62 heavy (non-hydrogen) atoms. The summed E-state index contributed by atoms with van der Waals surface area (Å²) in [6.07, 6.45) is 25.7. The number of allylic oxidation sites excluding steroid dienone is 12. The van der Waals surface area contributed by atoms with Gasteiger partial charge in [-0.25, -0.2) is 0 Å². The van der Waals surface area contributed by atoms with E-state index in [4.69, 9.17) is 28.4 Å². The zero-order valence-corrected chi connectivity index (χ0v) is 37.3. The lowest BCUT2D eigenvalue weighted by molar-refractivity contribution is -0.332. The van der Waals surface area contributed by atoms with Crippen LogP contribution in [0, 0.1) is 0 Å². The lowest BCUT2D eigenvalue weighted by Crippen LogP contribution is -2.61. The third-order valence-corrected chi connectivity index (χ3v) is 10.5. The van der Waals surface area contributed by atoms with Crippen molar-refractivity contribution in [1.82, 2.24) is 0 Å². The SMILES string of the molecule is CC/C=C\C/C=C\C/C=C\C/C=C\C/C=C\C/C=C\CCCOCC(COC1OC(COC2OC(CO)C(O)C(O)C2O)C(O)C(O)C1O)OC(=O)CCCCCCCCCC. The molecule has 0 bridgehead atoms. The fourth-order valence-electron chi connectivity index (χ4n) is 6.71. The van der Waals surface area contributed by atoms with E-state index < -0.39 is 86.7 Å². The Balaban J connectivity index is 1.80. The minimum Gasteiger partial charge on any atom is -0.457 e. The standard InChI is InChI=1S/C48H80O14/c1-3-5-7-9-11-13-14-15-16-17-18-19-20-21-22-23-24-26-28-30-32-57-34-37(60-40(50)31-29-27-25-12-10-8-6-4-2)35-58-47-46(56)44(54)42(52)39(62-47)36-59-48-45(55)43(53)41(51)38(33-49)61-48/h5,7,11,13,15-16,18-19,21-22,24,26,37-39,41-49,51-56H,3-4,6,8-10,12,14,17,20,23,25,27-36H2,1-2H3/b7-5-,13-11-,16-15-,19-18-,22-21-,26-24-. The Bertz CT molecular complexity index is 1300. The first-order valence-electron chi connectivity index (χ1n) is 23.0. The molecule has 0 aromatic rings. The molecule has 11 unspecified atom stereocenters. The maximum Gasteiger partial charge on any atom is 0.306 e. The second-order valence-corrected chi connectivity index (χ2v) is 15.8. The predicted molar refractivity (Wildman–Crippen MR) is 238 cm³/mol. The van der Waals surface area contributed by atoms with Gasteiger partial charge >= 0.3 is 5.97 Å². The Morgan fingerprint density at radius 3 is 1.58 bits per heavy atom. The third-order valence-electron chi connectivity index (χ3n) is 10.5. The van der Waals surface area contributed by atoms with Crippen LogP contribution in [0.3, 0.4) is 0 Å². The second-order valence-electron chi connectivity index (χ2n) is 15.8. The van der Waals surface area contributed by atoms with Crippen molar-refractivity contribution in [3.63, 3.8) is 0 Å². The molecule has 11 atom stereocenters. The Kier molecular flexibility index (Phi) is 32.0. The number of rotatable bonds is 34. The van der Waals surface area contributed by atoms with E-state index in [0.29, 0.717) is 13.0 Å². The minimum absolute atomic E-state index is 0.0184. The van der Waals surface area contributed by atoms with E-state index in [2.05, 4.69) is 86.8 Å². The summed E-state index contributed by atoms with van der Waals surface area (Å²) in [6.45, 7) is 3.34. The zero-order chi connectivity index (χ0) is 45.2. The van der Waals surface area contributed by atoms with E-state index >= 15 is 0 Å². The topological polar surface area (TPSA) is 214 Å². The van der Waals surface area contributed by atoms with E-state index in [1.807, 2.05) is 0 Å². The molecule has 2 rings (SSSR count). The van der Waals surface area contributed by atoms with Gasteiger partial charge in [0.25, 0.3) is 0 Å². The van der Waals surface area contributed by atoms with Gasteiger partial charge in [-0.15, -0.1) is 0 Å². The number of hydrogen-bond acceptors (Lipinski definition) is 14. The summed E-state index contributed by atoms with van der Waals surface area (Å²) in [5.74, 6) is -0.405. The van der Waals surface area contributed by atoms with E-state index in [1.165, 1.54) is 25.7 Å². The minimum atomic E-state index is -1.72. The zero-order valence-electron chi connectivity index (χ0n) is 37.3. The largest absolute Gasteiger partial charge is 0.457 e. The van der Waals surface area contributed by atoms with Crippen LogP contribution in [-0.4, -0.2) is 142 Å². The first-order chi connectivity index (χ1) is 30.1. The van der Waals surface area contributed by atoms with Gasteiger partial charge in [0.05, 0.1) is 26.4 Å². The average molecular weight is 881 g/mol. The Morgan fingerprint density at radius 1 is 0.548 bits per heavy atom. The highest BCUT2D eigenvalue weighted by Crippen LogP contribution is 2.26. The highest BCUT2D eigenvalue weighted by atomic mass is 16.7. The second kappa shape index (κ2) is 35.7. The van der Waals surface area contributed by atoms with Crippen molar-refractivity contribution in [2.75, 3.05) is 33.0 Å². The van der Waals surface area contributed by atoms with E-state index in [1.54, 1.807) is 0 Å². The molecular weight excluding hydrogens is 801 g/mol. The van der Waals surface area contributed by atoms with Gasteiger partial charge in [-0.05, 0) is 57.8 Å². The molecule has 0 radical (unpaired) electrons. The number of carbonyl (C=O) groups excluding carboxylic acids is 1. The van der Waals surface area contributed by atoms with Crippen molar-refractivity contribution in [2.45, 2.75) is 191 Å². The summed E-state index contributed by atoms with van der Waals surface area (Å²) in [6, 6.07) is 0. The van der Waals surface area contributed by atoms with Gasteiger partial charge in [0.1, 0.15) is 54.9 Å². The molecule has 2 fully saturated rings. The molecule has 14 heteroatoms. The molecule has 356 valence electrons. The highest BCUT2D eigenvalue weighted by molar-refractivity contribution is 5.69. The maximum absolute atomic E-state index is 12.9. The molecular formula is C48H80O14. The summed E-state index contributed by atoms with van der Waals surface area (Å²) in [7, 11) is 0. The normalized spacial score (nSPS) is 27.9. The Labute approximate surface area is 370 Å². The molecule has 0 saturated carbocycles. The van der Waals surface area contributed by atoms with Crippen molar-refractivity contribution >= 4 is 5.97 Å². The quantitative estimate of drug-likeness (QED) is 0.0240. The van der Waals surface area contributed by atoms with Crippen molar-refractivity contribution in [3.05, 3.63) is 72.9 Å². The van der Waals surface area contributed by atoms with Crippen molar-refractivity contribution in [3.8, 4) is 0 Å². The highest BCUT2D eigenvalue weighted by Gasteiger charge is 2.47. The van der Waals surface area contributed by atoms with Crippen LogP contribution in [0.5, 0.6) is 0 Å². The maximum atomic E-state index is 12.9. The van der Waals surface area contributed by atoms with E-state index in [-0.39, 0.29) is 19.6 Å². The first-order valence-corrected chi connectivity index (χ1v) is 23.0. The number of aliphatic hydroxyl groups is 7. The first kappa shape index (κ1) is 55.6. The smallest absolute Gasteiger partial charge is 0.306 e. The van der Waals surface area contributed by atoms with Crippen LogP contribution >= 0.6 is 0 Å². The third kappa shape index (κ3) is 23.9. The Morgan fingerprint density at radius 2 is 1.03 bits per heavy atom. The lowest BCUT2D eigenvalue weighted by Gasteiger charge is -2.42. The molecule has 0 aromatic heterocycles. The number of hydrogen-bond donors (Lipinski definition) is 7. The molecule has 0 aliphatic carbocycles. The molecule has 0 aromatic carbocycles. The summed E-state index contributed by atoms with van der Waals surface area (Å²) in [4.78, 5) is 12.9. The molecule has 7 N–H and O–H groups in total. The van der Waals surface area contributed by atoms with Gasteiger partial charge in [0, 0.05) is 13.0 Å². The van der Waals surface area contributed by atoms with Gasteiger partial charge < -0.3 is 64.2 Å². The summed E-state index contributed by atoms with van der Waals surface area (Å²) in [5, 5.41) is 71.8. The van der Waals surface area contributed by atoms with Gasteiger partial charge in [-0.3, -0.25) is 4.79 Å². The fraction of sp³-hybridized carbons (Fsp3) is 0.729. The van der Waals surface area contributed by atoms with Crippen LogP contribution in [-0.2, 0) is 33.2 Å². The van der Waals surface area contributed by atoms with Crippen LogP contribution in [0.4, 0.5) is 0 Å². The van der Waals surface area contributed by atoms with Crippen molar-refractivity contribution in [2.24, 2.45) is 0 Å². The number of esters is 1. The summed E-state index contributed by atoms with van der Waals surface area (Å²) in [5.41, 5.74) is 0. The van der Waals surface area contributed by atoms with Crippen LogP contribution in [0.15, 0.2) is 72.9 Å². The molecule has 2 aliphatic heterocycles. The number of aliphatic hydroxyl groups excluding tert-OH is 7. The predicted octanol–water partition coefficient (Wildman–Crippen LogP) is 5.56. The molecule has 0 spiro atoms. The Hall–Kier alpha value is -2.57. The van der Waals surface area contributed by atoms with E-state index in [9.17, 15) is 40.5 Å². The average Bonchev–Trinajstić information content (AvgIpc) is 3.27. The van der Waals surface area contributed by atoms with Crippen molar-refractivity contribution in [1.29, 1.82) is 0 Å². The van der Waals surface area contributed by atoms with Crippen LogP contribution in [0.2, 0.25) is 0 Å². The van der Waals surface area contributed by atoms with Gasteiger partial charge in [-0.2, -0.15) is 0 Å². The summed E-state index contributed by atoms with van der Waals surface area (Å²) < 4.78 is 34.0. The summed E-state index contributed by atoms with van der Waals surface area (Å²) >= 11 is 0. The van der Waals surface area contributed by atoms with Gasteiger partial charge in [0.15, 0.2) is 12.6 Å². The van der Waals surface area contributed by atoms with Crippen LogP contribution in [0.25, 0.3) is 0 Å². The molecule has 0 amide bonds. The lowest BCUT2D eigenvalue weighted by atomic mass is 9.98.